The Morgan fingerprint density at radius 3 is 2.62 bits per heavy atom. The maximum Gasteiger partial charge on any atom is 0.0666 e. The quantitative estimate of drug-likeness (QED) is 0.747. The molecule has 1 aliphatic heterocycles. The topological polar surface area (TPSA) is 36.3 Å². The van der Waals surface area contributed by atoms with Gasteiger partial charge in [0.15, 0.2) is 0 Å². The van der Waals surface area contributed by atoms with Crippen LogP contribution in [0.1, 0.15) is 19.8 Å². The highest BCUT2D eigenvalue weighted by atomic mass is 32.1. The van der Waals surface area contributed by atoms with Gasteiger partial charge < -0.3 is 9.64 Å². The first-order valence-corrected chi connectivity index (χ1v) is 6.52. The molecule has 0 aromatic heterocycles. The predicted molar refractivity (Wildman–Crippen MR) is 68.6 cm³/mol. The van der Waals surface area contributed by atoms with Gasteiger partial charge in [0.1, 0.15) is 0 Å². The Balaban J connectivity index is 2.46. The van der Waals surface area contributed by atoms with Gasteiger partial charge in [0.05, 0.1) is 12.0 Å². The van der Waals surface area contributed by atoms with Crippen molar-refractivity contribution in [3.63, 3.8) is 0 Å². The molecule has 0 aromatic rings. The fraction of sp³-hybridized carbons (Fsp3) is 0.917. The van der Waals surface area contributed by atoms with Crippen LogP contribution in [0.15, 0.2) is 0 Å². The number of ether oxygens (including phenoxy) is 1. The fourth-order valence-electron chi connectivity index (χ4n) is 2.32. The van der Waals surface area contributed by atoms with E-state index in [1.165, 1.54) is 0 Å². The molecule has 1 atom stereocenters. The van der Waals surface area contributed by atoms with E-state index in [9.17, 15) is 0 Å². The Labute approximate surface area is 104 Å². The summed E-state index contributed by atoms with van der Waals surface area (Å²) in [6, 6.07) is 2.28. The average molecular weight is 242 g/mol. The normalized spacial score (nSPS) is 21.7. The summed E-state index contributed by atoms with van der Waals surface area (Å²) in [4.78, 5) is 2.26. The molecule has 1 heterocycles. The molecule has 1 saturated heterocycles. The number of hydrogen-bond acceptors (Lipinski definition) is 4. The minimum atomic E-state index is 0.0989. The van der Waals surface area contributed by atoms with Crippen molar-refractivity contribution in [2.75, 3.05) is 39.1 Å². The first kappa shape index (κ1) is 13.8. The van der Waals surface area contributed by atoms with Crippen molar-refractivity contribution >= 4 is 12.6 Å². The van der Waals surface area contributed by atoms with Gasteiger partial charge in [0.2, 0.25) is 0 Å². The molecule has 92 valence electrons. The van der Waals surface area contributed by atoms with Gasteiger partial charge in [-0.2, -0.15) is 17.9 Å². The van der Waals surface area contributed by atoms with Crippen molar-refractivity contribution in [2.24, 2.45) is 11.3 Å². The van der Waals surface area contributed by atoms with Crippen LogP contribution in [0.5, 0.6) is 0 Å². The number of thiol groups is 1. The highest BCUT2D eigenvalue weighted by molar-refractivity contribution is 7.80. The van der Waals surface area contributed by atoms with E-state index >= 15 is 0 Å². The van der Waals surface area contributed by atoms with Crippen LogP contribution in [0.25, 0.3) is 0 Å². The SMILES string of the molecule is CC(C#N)CN(C)CC1(CS)CCOCC1. The zero-order chi connectivity index (χ0) is 12.0. The number of nitriles is 1. The van der Waals surface area contributed by atoms with Crippen LogP contribution < -0.4 is 0 Å². The third kappa shape index (κ3) is 3.97. The molecule has 0 radical (unpaired) electrons. The zero-order valence-corrected chi connectivity index (χ0v) is 11.2. The van der Waals surface area contributed by atoms with Crippen LogP contribution in [-0.2, 0) is 4.74 Å². The third-order valence-corrected chi connectivity index (χ3v) is 3.97. The molecule has 0 spiro atoms. The van der Waals surface area contributed by atoms with E-state index in [0.717, 1.165) is 44.9 Å². The summed E-state index contributed by atoms with van der Waals surface area (Å²) in [6.07, 6.45) is 2.17. The Hall–Kier alpha value is -0.240. The van der Waals surface area contributed by atoms with Crippen molar-refractivity contribution < 1.29 is 4.74 Å². The highest BCUT2D eigenvalue weighted by Gasteiger charge is 2.32. The maximum absolute atomic E-state index is 8.80. The second-order valence-corrected chi connectivity index (χ2v) is 5.31. The van der Waals surface area contributed by atoms with Gasteiger partial charge in [-0.15, -0.1) is 0 Å². The Bertz CT molecular complexity index is 246. The van der Waals surface area contributed by atoms with E-state index in [2.05, 4.69) is 30.6 Å². The largest absolute Gasteiger partial charge is 0.381 e. The lowest BCUT2D eigenvalue weighted by Gasteiger charge is -2.39. The summed E-state index contributed by atoms with van der Waals surface area (Å²) >= 11 is 4.49. The standard InChI is InChI=1S/C12H22N2OS/c1-11(7-13)8-14(2)9-12(10-16)3-5-15-6-4-12/h11,16H,3-6,8-10H2,1-2H3. The molecule has 3 nitrogen and oxygen atoms in total. The second kappa shape index (κ2) is 6.48. The number of hydrogen-bond donors (Lipinski definition) is 1. The molecule has 0 bridgehead atoms. The minimum absolute atomic E-state index is 0.0989. The molecule has 0 saturated carbocycles. The highest BCUT2D eigenvalue weighted by Crippen LogP contribution is 2.32. The molecule has 1 fully saturated rings. The summed E-state index contributed by atoms with van der Waals surface area (Å²) in [7, 11) is 2.09. The lowest BCUT2D eigenvalue weighted by atomic mass is 9.81. The second-order valence-electron chi connectivity index (χ2n) is 5.00. The maximum atomic E-state index is 8.80. The van der Waals surface area contributed by atoms with E-state index in [-0.39, 0.29) is 11.3 Å². The zero-order valence-electron chi connectivity index (χ0n) is 10.3. The van der Waals surface area contributed by atoms with Gasteiger partial charge in [0.25, 0.3) is 0 Å². The lowest BCUT2D eigenvalue weighted by Crippen LogP contribution is -2.42. The molecule has 4 heteroatoms. The Morgan fingerprint density at radius 2 is 2.12 bits per heavy atom. The summed E-state index contributed by atoms with van der Waals surface area (Å²) in [5.41, 5.74) is 0.283. The lowest BCUT2D eigenvalue weighted by molar-refractivity contribution is 0.0107. The van der Waals surface area contributed by atoms with Crippen molar-refractivity contribution in [3.05, 3.63) is 0 Å². The average Bonchev–Trinajstić information content (AvgIpc) is 2.29. The summed E-state index contributed by atoms with van der Waals surface area (Å²) < 4.78 is 5.41. The minimum Gasteiger partial charge on any atom is -0.381 e. The van der Waals surface area contributed by atoms with Crippen molar-refractivity contribution in [3.8, 4) is 6.07 Å². The molecular formula is C12H22N2OS. The van der Waals surface area contributed by atoms with E-state index < -0.39 is 0 Å². The van der Waals surface area contributed by atoms with Gasteiger partial charge in [-0.25, -0.2) is 0 Å². The van der Waals surface area contributed by atoms with Gasteiger partial charge >= 0.3 is 0 Å². The smallest absolute Gasteiger partial charge is 0.0666 e. The van der Waals surface area contributed by atoms with Crippen molar-refractivity contribution in [2.45, 2.75) is 19.8 Å². The third-order valence-electron chi connectivity index (χ3n) is 3.30. The number of rotatable bonds is 5. The molecule has 0 aromatic carbocycles. The van der Waals surface area contributed by atoms with Crippen LogP contribution >= 0.6 is 12.6 Å². The summed E-state index contributed by atoms with van der Waals surface area (Å²) in [5.74, 6) is 1.00. The summed E-state index contributed by atoms with van der Waals surface area (Å²) in [6.45, 7) is 5.52. The number of nitrogens with zero attached hydrogens (tertiary/aromatic N) is 2. The molecule has 0 aliphatic carbocycles. The van der Waals surface area contributed by atoms with Gasteiger partial charge in [-0.05, 0) is 38.0 Å². The molecular weight excluding hydrogens is 220 g/mol. The molecule has 16 heavy (non-hydrogen) atoms. The molecule has 0 amide bonds. The molecule has 1 aliphatic rings. The van der Waals surface area contributed by atoms with Crippen LogP contribution in [0.3, 0.4) is 0 Å². The van der Waals surface area contributed by atoms with Crippen molar-refractivity contribution in [1.29, 1.82) is 5.26 Å². The Kier molecular flexibility index (Phi) is 5.60. The molecule has 0 N–H and O–H groups in total. The van der Waals surface area contributed by atoms with Crippen LogP contribution in [0, 0.1) is 22.7 Å². The van der Waals surface area contributed by atoms with Gasteiger partial charge in [-0.3, -0.25) is 0 Å². The first-order chi connectivity index (χ1) is 7.62. The van der Waals surface area contributed by atoms with E-state index in [0.29, 0.717) is 0 Å². The Morgan fingerprint density at radius 1 is 1.50 bits per heavy atom. The van der Waals surface area contributed by atoms with Crippen LogP contribution in [-0.4, -0.2) is 44.0 Å². The first-order valence-electron chi connectivity index (χ1n) is 5.89. The predicted octanol–water partition coefficient (Wildman–Crippen LogP) is 1.80. The van der Waals surface area contributed by atoms with E-state index in [4.69, 9.17) is 10.00 Å². The monoisotopic (exact) mass is 242 g/mol. The molecule has 1 rings (SSSR count). The molecule has 1 unspecified atom stereocenters. The van der Waals surface area contributed by atoms with E-state index in [1.54, 1.807) is 0 Å². The van der Waals surface area contributed by atoms with Gasteiger partial charge in [0, 0.05) is 26.3 Å². The summed E-state index contributed by atoms with van der Waals surface area (Å²) in [5, 5.41) is 8.80. The van der Waals surface area contributed by atoms with E-state index in [1.807, 2.05) is 6.92 Å². The van der Waals surface area contributed by atoms with Gasteiger partial charge in [-0.1, -0.05) is 0 Å². The van der Waals surface area contributed by atoms with Crippen LogP contribution in [0.2, 0.25) is 0 Å². The fourth-order valence-corrected chi connectivity index (χ4v) is 2.73. The van der Waals surface area contributed by atoms with Crippen molar-refractivity contribution in [1.82, 2.24) is 4.90 Å². The van der Waals surface area contributed by atoms with Crippen LogP contribution in [0.4, 0.5) is 0 Å².